The second-order valence-electron chi connectivity index (χ2n) is 14.6. The summed E-state index contributed by atoms with van der Waals surface area (Å²) in [5.41, 5.74) is 12.9. The Morgan fingerprint density at radius 2 is 0.719 bits per heavy atom. The first-order valence-electron chi connectivity index (χ1n) is 19.3. The molecule has 0 aliphatic rings. The van der Waals surface area contributed by atoms with Gasteiger partial charge in [0.25, 0.3) is 0 Å². The van der Waals surface area contributed by atoms with Gasteiger partial charge in [-0.05, 0) is 60.7 Å². The third-order valence-corrected chi connectivity index (χ3v) is 11.5. The van der Waals surface area contributed by atoms with Crippen molar-refractivity contribution in [1.82, 2.24) is 23.7 Å². The Balaban J connectivity index is 1.13. The van der Waals surface area contributed by atoms with Gasteiger partial charge in [-0.1, -0.05) is 140 Å². The fourth-order valence-corrected chi connectivity index (χ4v) is 8.99. The summed E-state index contributed by atoms with van der Waals surface area (Å²) in [4.78, 5) is 10.6. The van der Waals surface area contributed by atoms with Crippen LogP contribution < -0.4 is 0 Å². The smallest absolute Gasteiger partial charge is 0.235 e. The average molecular weight is 728 g/mol. The summed E-state index contributed by atoms with van der Waals surface area (Å²) in [6, 6.07) is 71.2. The number of benzene rings is 8. The predicted molar refractivity (Wildman–Crippen MR) is 236 cm³/mol. The lowest BCUT2D eigenvalue weighted by Crippen LogP contribution is -2.04. The van der Waals surface area contributed by atoms with Crippen molar-refractivity contribution in [3.63, 3.8) is 0 Å². The van der Waals surface area contributed by atoms with E-state index in [9.17, 15) is 0 Å². The molecule has 0 amide bonds. The highest BCUT2D eigenvalue weighted by atomic mass is 15.2. The molecule has 57 heavy (non-hydrogen) atoms. The molecule has 0 atom stereocenters. The van der Waals surface area contributed by atoms with Crippen LogP contribution in [-0.4, -0.2) is 23.7 Å². The Kier molecular flexibility index (Phi) is 6.86. The molecule has 5 heteroatoms. The number of para-hydroxylation sites is 4. The van der Waals surface area contributed by atoms with E-state index in [1.54, 1.807) is 0 Å². The zero-order valence-electron chi connectivity index (χ0n) is 30.8. The van der Waals surface area contributed by atoms with E-state index in [2.05, 4.69) is 202 Å². The maximum absolute atomic E-state index is 5.30. The van der Waals surface area contributed by atoms with Gasteiger partial charge in [-0.3, -0.25) is 4.57 Å². The SMILES string of the molecule is c1ccc(-c2cc(-c3ccccc3)nc(-n3c4ccccc4c4c3ccc3c5ccccc5n(-c5ccc(-n6c7ccccc7c7ccccc76)cc5)c34)n2)cc1. The maximum atomic E-state index is 5.30. The molecule has 0 bridgehead atoms. The topological polar surface area (TPSA) is 40.6 Å². The fourth-order valence-electron chi connectivity index (χ4n) is 8.99. The number of rotatable bonds is 5. The van der Waals surface area contributed by atoms with Gasteiger partial charge in [0.15, 0.2) is 0 Å². The molecule has 12 rings (SSSR count). The first-order valence-corrected chi connectivity index (χ1v) is 19.3. The summed E-state index contributed by atoms with van der Waals surface area (Å²) in [5, 5.41) is 7.25. The first kappa shape index (κ1) is 31.6. The maximum Gasteiger partial charge on any atom is 0.235 e. The Morgan fingerprint density at radius 1 is 0.298 bits per heavy atom. The quantitative estimate of drug-likeness (QED) is 0.177. The van der Waals surface area contributed by atoms with E-state index in [1.165, 1.54) is 38.0 Å². The second-order valence-corrected chi connectivity index (χ2v) is 14.6. The Hall–Kier alpha value is -7.76. The first-order chi connectivity index (χ1) is 28.3. The van der Waals surface area contributed by atoms with Crippen molar-refractivity contribution >= 4 is 65.4 Å². The van der Waals surface area contributed by atoms with Crippen molar-refractivity contribution in [2.45, 2.75) is 0 Å². The molecule has 0 fully saturated rings. The zero-order valence-corrected chi connectivity index (χ0v) is 30.8. The molecular weight excluding hydrogens is 695 g/mol. The van der Waals surface area contributed by atoms with Crippen LogP contribution in [0.5, 0.6) is 0 Å². The lowest BCUT2D eigenvalue weighted by Gasteiger charge is -2.13. The molecule has 4 heterocycles. The molecule has 8 aromatic carbocycles. The molecule has 0 radical (unpaired) electrons. The van der Waals surface area contributed by atoms with Gasteiger partial charge in [0.05, 0.1) is 44.5 Å². The van der Waals surface area contributed by atoms with Gasteiger partial charge in [-0.15, -0.1) is 0 Å². The van der Waals surface area contributed by atoms with Crippen molar-refractivity contribution < 1.29 is 0 Å². The third-order valence-electron chi connectivity index (χ3n) is 11.5. The Bertz CT molecular complexity index is 3390. The number of nitrogens with zero attached hydrogens (tertiary/aromatic N) is 5. The summed E-state index contributed by atoms with van der Waals surface area (Å²) in [5.74, 6) is 0.638. The van der Waals surface area contributed by atoms with Crippen LogP contribution in [0.2, 0.25) is 0 Å². The van der Waals surface area contributed by atoms with Gasteiger partial charge in [0.1, 0.15) is 0 Å². The number of hydrogen-bond acceptors (Lipinski definition) is 2. The molecule has 0 saturated carbocycles. The van der Waals surface area contributed by atoms with Crippen LogP contribution in [0.3, 0.4) is 0 Å². The molecule has 12 aromatic rings. The van der Waals surface area contributed by atoms with Crippen LogP contribution in [0.4, 0.5) is 0 Å². The van der Waals surface area contributed by atoms with Gasteiger partial charge in [0, 0.05) is 54.8 Å². The monoisotopic (exact) mass is 727 g/mol. The highest BCUT2D eigenvalue weighted by Gasteiger charge is 2.23. The molecule has 0 unspecified atom stereocenters. The van der Waals surface area contributed by atoms with Crippen LogP contribution in [0, 0.1) is 0 Å². The molecule has 0 spiro atoms. The normalized spacial score (nSPS) is 11.9. The van der Waals surface area contributed by atoms with E-state index in [1.807, 2.05) is 12.1 Å². The fraction of sp³-hybridized carbons (Fsp3) is 0. The van der Waals surface area contributed by atoms with Crippen LogP contribution in [0.1, 0.15) is 0 Å². The lowest BCUT2D eigenvalue weighted by molar-refractivity contribution is 0.996. The summed E-state index contributed by atoms with van der Waals surface area (Å²) in [6.07, 6.45) is 0. The van der Waals surface area contributed by atoms with E-state index in [0.29, 0.717) is 5.95 Å². The number of fused-ring (bicyclic) bond motifs is 10. The third kappa shape index (κ3) is 4.76. The van der Waals surface area contributed by atoms with Gasteiger partial charge >= 0.3 is 0 Å². The van der Waals surface area contributed by atoms with Gasteiger partial charge in [0.2, 0.25) is 5.95 Å². The van der Waals surface area contributed by atoms with Gasteiger partial charge in [-0.2, -0.15) is 0 Å². The van der Waals surface area contributed by atoms with Crippen molar-refractivity contribution in [3.8, 4) is 39.8 Å². The summed E-state index contributed by atoms with van der Waals surface area (Å²) in [7, 11) is 0. The Morgan fingerprint density at radius 3 is 1.26 bits per heavy atom. The van der Waals surface area contributed by atoms with E-state index in [-0.39, 0.29) is 0 Å². The van der Waals surface area contributed by atoms with Crippen LogP contribution in [0.25, 0.3) is 105 Å². The molecule has 0 aliphatic heterocycles. The average Bonchev–Trinajstić information content (AvgIpc) is 3.93. The van der Waals surface area contributed by atoms with E-state index in [4.69, 9.17) is 9.97 Å². The van der Waals surface area contributed by atoms with Crippen molar-refractivity contribution in [3.05, 3.63) is 200 Å². The standard InChI is InChI=1S/C52H33N5/c1-3-15-34(16-4-1)43-33-44(35-17-5-2-6-18-35)54-52(53-43)57-48-26-14-10-22-42(48)50-49(57)32-31-41-40-21-9-13-25-47(40)56(51(41)50)37-29-27-36(28-30-37)55-45-23-11-7-19-38(45)39-20-8-12-24-46(39)55/h1-33H. The van der Waals surface area contributed by atoms with E-state index < -0.39 is 0 Å². The molecule has 0 saturated heterocycles. The van der Waals surface area contributed by atoms with E-state index in [0.717, 1.165) is 61.3 Å². The predicted octanol–water partition coefficient (Wildman–Crippen LogP) is 13.1. The highest BCUT2D eigenvalue weighted by Crippen LogP contribution is 2.42. The minimum absolute atomic E-state index is 0.638. The summed E-state index contributed by atoms with van der Waals surface area (Å²) in [6.45, 7) is 0. The van der Waals surface area contributed by atoms with Gasteiger partial charge in [-0.25, -0.2) is 9.97 Å². The minimum atomic E-state index is 0.638. The zero-order chi connectivity index (χ0) is 37.5. The van der Waals surface area contributed by atoms with Gasteiger partial charge < -0.3 is 9.13 Å². The second kappa shape index (κ2) is 12.4. The lowest BCUT2D eigenvalue weighted by atomic mass is 10.1. The molecule has 0 aliphatic carbocycles. The molecular formula is C52H33N5. The van der Waals surface area contributed by atoms with Crippen LogP contribution in [0.15, 0.2) is 200 Å². The molecule has 5 nitrogen and oxygen atoms in total. The number of aromatic nitrogens is 5. The van der Waals surface area contributed by atoms with Crippen molar-refractivity contribution in [2.24, 2.45) is 0 Å². The summed E-state index contributed by atoms with van der Waals surface area (Å²) < 4.78 is 7.06. The Labute approximate surface area is 328 Å². The molecule has 266 valence electrons. The summed E-state index contributed by atoms with van der Waals surface area (Å²) >= 11 is 0. The highest BCUT2D eigenvalue weighted by molar-refractivity contribution is 6.26. The molecule has 0 N–H and O–H groups in total. The van der Waals surface area contributed by atoms with E-state index >= 15 is 0 Å². The van der Waals surface area contributed by atoms with Crippen LogP contribution in [-0.2, 0) is 0 Å². The minimum Gasteiger partial charge on any atom is -0.309 e. The van der Waals surface area contributed by atoms with Crippen molar-refractivity contribution in [2.75, 3.05) is 0 Å². The van der Waals surface area contributed by atoms with Crippen LogP contribution >= 0.6 is 0 Å². The molecule has 4 aromatic heterocycles. The van der Waals surface area contributed by atoms with Crippen molar-refractivity contribution in [1.29, 1.82) is 0 Å². The number of hydrogen-bond donors (Lipinski definition) is 0. The largest absolute Gasteiger partial charge is 0.309 e.